The Balaban J connectivity index is 1.45. The van der Waals surface area contributed by atoms with E-state index in [1.54, 1.807) is 0 Å². The Hall–Kier alpha value is -2.18. The van der Waals surface area contributed by atoms with Gasteiger partial charge in [0.1, 0.15) is 17.4 Å². The van der Waals surface area contributed by atoms with Gasteiger partial charge in [-0.3, -0.25) is 14.6 Å². The van der Waals surface area contributed by atoms with Crippen LogP contribution in [0.1, 0.15) is 73.5 Å². The molecule has 0 aromatic carbocycles. The SMILES string of the molecule is NC(=O)C(CC1CCC1)NC(=O)c1cnc(C2CC2)c(OCC2CC2)n1. The quantitative estimate of drug-likeness (QED) is 0.701. The highest BCUT2D eigenvalue weighted by Crippen LogP contribution is 2.43. The number of hydrogen-bond acceptors (Lipinski definition) is 5. The molecule has 1 aromatic heterocycles. The van der Waals surface area contributed by atoms with E-state index in [1.165, 1.54) is 25.5 Å². The zero-order valence-electron chi connectivity index (χ0n) is 14.9. The molecule has 140 valence electrons. The van der Waals surface area contributed by atoms with Crippen LogP contribution in [0.2, 0.25) is 0 Å². The van der Waals surface area contributed by atoms with Crippen molar-refractivity contribution < 1.29 is 14.3 Å². The molecular weight excluding hydrogens is 332 g/mol. The van der Waals surface area contributed by atoms with Crippen molar-refractivity contribution in [2.75, 3.05) is 6.61 Å². The lowest BCUT2D eigenvalue weighted by atomic mass is 9.80. The maximum atomic E-state index is 12.6. The molecule has 0 bridgehead atoms. The fourth-order valence-corrected chi connectivity index (χ4v) is 3.26. The fraction of sp³-hybridized carbons (Fsp3) is 0.684. The fourth-order valence-electron chi connectivity index (χ4n) is 3.26. The lowest BCUT2D eigenvalue weighted by molar-refractivity contribution is -0.120. The summed E-state index contributed by atoms with van der Waals surface area (Å²) in [4.78, 5) is 33.1. The van der Waals surface area contributed by atoms with Crippen molar-refractivity contribution in [2.24, 2.45) is 17.6 Å². The Labute approximate surface area is 153 Å². The predicted octanol–water partition coefficient (Wildman–Crippen LogP) is 1.92. The summed E-state index contributed by atoms with van der Waals surface area (Å²) in [5.74, 6) is 1.02. The number of carbonyl (C=O) groups excluding carboxylic acids is 2. The molecule has 0 aliphatic heterocycles. The molecule has 2 amide bonds. The second-order valence-electron chi connectivity index (χ2n) is 7.94. The van der Waals surface area contributed by atoms with Crippen molar-refractivity contribution >= 4 is 11.8 Å². The van der Waals surface area contributed by atoms with Gasteiger partial charge in [-0.25, -0.2) is 4.98 Å². The van der Waals surface area contributed by atoms with Crippen molar-refractivity contribution in [1.82, 2.24) is 15.3 Å². The minimum atomic E-state index is -0.659. The van der Waals surface area contributed by atoms with Crippen LogP contribution in [0.25, 0.3) is 0 Å². The average molecular weight is 358 g/mol. The first-order chi connectivity index (χ1) is 12.6. The molecule has 7 nitrogen and oxygen atoms in total. The third kappa shape index (κ3) is 4.14. The Bertz CT molecular complexity index is 696. The number of hydrogen-bond donors (Lipinski definition) is 2. The maximum absolute atomic E-state index is 12.6. The van der Waals surface area contributed by atoms with Gasteiger partial charge in [-0.1, -0.05) is 19.3 Å². The van der Waals surface area contributed by atoms with Gasteiger partial charge in [0.2, 0.25) is 11.8 Å². The molecule has 3 fully saturated rings. The summed E-state index contributed by atoms with van der Waals surface area (Å²) in [6.45, 7) is 0.630. The van der Waals surface area contributed by atoms with Gasteiger partial charge in [0.05, 0.1) is 12.8 Å². The van der Waals surface area contributed by atoms with Crippen LogP contribution in [0, 0.1) is 11.8 Å². The Morgan fingerprint density at radius 3 is 2.54 bits per heavy atom. The molecule has 4 rings (SSSR count). The topological polar surface area (TPSA) is 107 Å². The molecule has 0 radical (unpaired) electrons. The average Bonchev–Trinajstić information content (AvgIpc) is 3.47. The summed E-state index contributed by atoms with van der Waals surface area (Å²) in [6.07, 6.45) is 10.00. The standard InChI is InChI=1S/C19H26N4O3/c20-17(24)14(8-11-2-1-3-11)22-18(25)15-9-21-16(13-6-7-13)19(23-15)26-10-12-4-5-12/h9,11-14H,1-8,10H2,(H2,20,24)(H,22,25). The summed E-state index contributed by atoms with van der Waals surface area (Å²) in [5.41, 5.74) is 6.50. The first-order valence-electron chi connectivity index (χ1n) is 9.70. The Morgan fingerprint density at radius 2 is 1.96 bits per heavy atom. The Kier molecular flexibility index (Phi) is 4.78. The number of nitrogens with zero attached hydrogens (tertiary/aromatic N) is 2. The zero-order chi connectivity index (χ0) is 18.1. The van der Waals surface area contributed by atoms with Crippen LogP contribution in [0.3, 0.4) is 0 Å². The second kappa shape index (κ2) is 7.21. The van der Waals surface area contributed by atoms with Crippen molar-refractivity contribution in [2.45, 2.75) is 63.3 Å². The number of nitrogens with two attached hydrogens (primary N) is 1. The summed E-state index contributed by atoms with van der Waals surface area (Å²) < 4.78 is 5.85. The number of primary amides is 1. The van der Waals surface area contributed by atoms with Gasteiger partial charge in [-0.2, -0.15) is 0 Å². The molecular formula is C19H26N4O3. The molecule has 1 aromatic rings. The van der Waals surface area contributed by atoms with Crippen LogP contribution in [-0.2, 0) is 4.79 Å². The van der Waals surface area contributed by atoms with Gasteiger partial charge < -0.3 is 15.8 Å². The van der Waals surface area contributed by atoms with Gasteiger partial charge in [0, 0.05) is 5.92 Å². The molecule has 1 unspecified atom stereocenters. The highest BCUT2D eigenvalue weighted by atomic mass is 16.5. The van der Waals surface area contributed by atoms with Crippen molar-refractivity contribution in [3.05, 3.63) is 17.6 Å². The molecule has 3 aliphatic carbocycles. The third-order valence-corrected chi connectivity index (χ3v) is 5.56. The number of aromatic nitrogens is 2. The van der Waals surface area contributed by atoms with Crippen LogP contribution in [0.5, 0.6) is 5.88 Å². The van der Waals surface area contributed by atoms with Gasteiger partial charge >= 0.3 is 0 Å². The van der Waals surface area contributed by atoms with E-state index in [0.717, 1.165) is 31.4 Å². The molecule has 0 saturated heterocycles. The first-order valence-corrected chi connectivity index (χ1v) is 9.70. The molecule has 1 atom stereocenters. The molecule has 26 heavy (non-hydrogen) atoms. The third-order valence-electron chi connectivity index (χ3n) is 5.56. The number of carbonyl (C=O) groups is 2. The molecule has 1 heterocycles. The summed E-state index contributed by atoms with van der Waals surface area (Å²) in [7, 11) is 0. The van der Waals surface area contributed by atoms with Crippen molar-refractivity contribution in [1.29, 1.82) is 0 Å². The minimum absolute atomic E-state index is 0.181. The second-order valence-corrected chi connectivity index (χ2v) is 7.94. The van der Waals surface area contributed by atoms with Crippen LogP contribution >= 0.6 is 0 Å². The molecule has 3 N–H and O–H groups in total. The highest BCUT2D eigenvalue weighted by Gasteiger charge is 2.32. The number of amides is 2. The van der Waals surface area contributed by atoms with Gasteiger partial charge in [0.15, 0.2) is 0 Å². The van der Waals surface area contributed by atoms with Crippen LogP contribution in [-0.4, -0.2) is 34.4 Å². The number of nitrogens with one attached hydrogen (secondary N) is 1. The van der Waals surface area contributed by atoms with Crippen LogP contribution < -0.4 is 15.8 Å². The van der Waals surface area contributed by atoms with E-state index in [4.69, 9.17) is 10.5 Å². The zero-order valence-corrected chi connectivity index (χ0v) is 14.9. The van der Waals surface area contributed by atoms with E-state index in [1.807, 2.05) is 0 Å². The number of ether oxygens (including phenoxy) is 1. The highest BCUT2D eigenvalue weighted by molar-refractivity contribution is 5.95. The molecule has 3 saturated carbocycles. The van der Waals surface area contributed by atoms with E-state index in [0.29, 0.717) is 36.7 Å². The van der Waals surface area contributed by atoms with E-state index >= 15 is 0 Å². The van der Waals surface area contributed by atoms with E-state index < -0.39 is 17.9 Å². The Morgan fingerprint density at radius 1 is 1.19 bits per heavy atom. The van der Waals surface area contributed by atoms with Crippen molar-refractivity contribution in [3.63, 3.8) is 0 Å². The predicted molar refractivity (Wildman–Crippen MR) is 94.6 cm³/mol. The van der Waals surface area contributed by atoms with Crippen LogP contribution in [0.15, 0.2) is 6.20 Å². The van der Waals surface area contributed by atoms with Gasteiger partial charge in [0.25, 0.3) is 5.91 Å². The summed E-state index contributed by atoms with van der Waals surface area (Å²) in [5, 5.41) is 2.73. The number of rotatable bonds is 9. The molecule has 3 aliphatic rings. The normalized spacial score (nSPS) is 20.9. The monoisotopic (exact) mass is 358 g/mol. The van der Waals surface area contributed by atoms with E-state index in [2.05, 4.69) is 15.3 Å². The van der Waals surface area contributed by atoms with E-state index in [9.17, 15) is 9.59 Å². The summed E-state index contributed by atoms with van der Waals surface area (Å²) in [6, 6.07) is -0.659. The maximum Gasteiger partial charge on any atom is 0.272 e. The smallest absolute Gasteiger partial charge is 0.272 e. The first kappa shape index (κ1) is 17.2. The largest absolute Gasteiger partial charge is 0.476 e. The lowest BCUT2D eigenvalue weighted by Gasteiger charge is -2.28. The summed E-state index contributed by atoms with van der Waals surface area (Å²) >= 11 is 0. The molecule has 7 heteroatoms. The van der Waals surface area contributed by atoms with Gasteiger partial charge in [-0.15, -0.1) is 0 Å². The van der Waals surface area contributed by atoms with Crippen LogP contribution in [0.4, 0.5) is 0 Å². The molecule has 0 spiro atoms. The van der Waals surface area contributed by atoms with Crippen molar-refractivity contribution in [3.8, 4) is 5.88 Å². The van der Waals surface area contributed by atoms with E-state index in [-0.39, 0.29) is 5.69 Å². The van der Waals surface area contributed by atoms with Gasteiger partial charge in [-0.05, 0) is 43.9 Å². The minimum Gasteiger partial charge on any atom is -0.476 e. The lowest BCUT2D eigenvalue weighted by Crippen LogP contribution is -2.46.